The molecule has 0 saturated heterocycles. The van der Waals surface area contributed by atoms with Gasteiger partial charge in [0.1, 0.15) is 11.6 Å². The van der Waals surface area contributed by atoms with Crippen molar-refractivity contribution in [3.8, 4) is 0 Å². The molecule has 1 rings (SSSR count). The fourth-order valence-corrected chi connectivity index (χ4v) is 1.55. The number of benzene rings is 1. The average molecular weight is 245 g/mol. The molecular formula is C12H17F2NO2. The zero-order chi connectivity index (χ0) is 12.7. The molecule has 0 aromatic heterocycles. The Morgan fingerprint density at radius 2 is 2.00 bits per heavy atom. The lowest BCUT2D eigenvalue weighted by atomic mass is 10.1. The first-order chi connectivity index (χ1) is 8.17. The zero-order valence-corrected chi connectivity index (χ0v) is 9.50. The van der Waals surface area contributed by atoms with Crippen LogP contribution in [0.3, 0.4) is 0 Å². The van der Waals surface area contributed by atoms with Gasteiger partial charge in [-0.25, -0.2) is 8.78 Å². The van der Waals surface area contributed by atoms with Crippen LogP contribution in [0.2, 0.25) is 0 Å². The van der Waals surface area contributed by atoms with E-state index in [1.54, 1.807) is 0 Å². The molecule has 5 heteroatoms. The minimum Gasteiger partial charge on any atom is -0.396 e. The first-order valence-corrected chi connectivity index (χ1v) is 5.56. The Labute approximate surface area is 99.1 Å². The van der Waals surface area contributed by atoms with E-state index in [4.69, 9.17) is 10.2 Å². The largest absolute Gasteiger partial charge is 0.396 e. The van der Waals surface area contributed by atoms with Crippen molar-refractivity contribution in [2.45, 2.75) is 18.9 Å². The molecule has 0 heterocycles. The van der Waals surface area contributed by atoms with Gasteiger partial charge in [-0.05, 0) is 31.0 Å². The second kappa shape index (κ2) is 7.32. The smallest absolute Gasteiger partial charge is 0.129 e. The van der Waals surface area contributed by atoms with Gasteiger partial charge in [0.15, 0.2) is 0 Å². The van der Waals surface area contributed by atoms with Gasteiger partial charge < -0.3 is 15.5 Å². The van der Waals surface area contributed by atoms with Crippen LogP contribution in [0.25, 0.3) is 0 Å². The molecule has 0 aliphatic rings. The first-order valence-electron chi connectivity index (χ1n) is 5.56. The van der Waals surface area contributed by atoms with E-state index in [1.807, 2.05) is 0 Å². The molecule has 96 valence electrons. The molecule has 0 spiro atoms. The van der Waals surface area contributed by atoms with E-state index in [0.717, 1.165) is 6.07 Å². The number of hydrogen-bond donors (Lipinski definition) is 3. The van der Waals surface area contributed by atoms with E-state index in [0.29, 0.717) is 24.9 Å². The van der Waals surface area contributed by atoms with Gasteiger partial charge in [-0.15, -0.1) is 0 Å². The van der Waals surface area contributed by atoms with Gasteiger partial charge >= 0.3 is 0 Å². The number of aliphatic hydroxyl groups is 2. The molecule has 3 N–H and O–H groups in total. The second-order valence-electron chi connectivity index (χ2n) is 3.83. The normalized spacial score (nSPS) is 12.7. The van der Waals surface area contributed by atoms with Gasteiger partial charge in [0.05, 0.1) is 6.61 Å². The Morgan fingerprint density at radius 3 is 2.59 bits per heavy atom. The van der Waals surface area contributed by atoms with Crippen molar-refractivity contribution in [3.05, 3.63) is 35.4 Å². The highest BCUT2D eigenvalue weighted by Crippen LogP contribution is 2.09. The van der Waals surface area contributed by atoms with Crippen molar-refractivity contribution in [1.82, 2.24) is 5.32 Å². The molecule has 0 aliphatic carbocycles. The third-order valence-corrected chi connectivity index (χ3v) is 2.54. The van der Waals surface area contributed by atoms with Crippen LogP contribution in [0.1, 0.15) is 12.0 Å². The summed E-state index contributed by atoms with van der Waals surface area (Å²) < 4.78 is 25.9. The topological polar surface area (TPSA) is 52.5 Å². The predicted molar refractivity (Wildman–Crippen MR) is 60.6 cm³/mol. The summed E-state index contributed by atoms with van der Waals surface area (Å²) in [6, 6.07) is 3.29. The van der Waals surface area contributed by atoms with Crippen molar-refractivity contribution in [3.63, 3.8) is 0 Å². The summed E-state index contributed by atoms with van der Waals surface area (Å²) in [5, 5.41) is 20.6. The van der Waals surface area contributed by atoms with Gasteiger partial charge in [0.2, 0.25) is 0 Å². The van der Waals surface area contributed by atoms with Crippen LogP contribution < -0.4 is 5.32 Å². The quantitative estimate of drug-likeness (QED) is 0.667. The summed E-state index contributed by atoms with van der Waals surface area (Å²) in [5.74, 6) is -1.15. The van der Waals surface area contributed by atoms with Gasteiger partial charge in [-0.2, -0.15) is 0 Å². The molecule has 3 nitrogen and oxygen atoms in total. The van der Waals surface area contributed by atoms with E-state index >= 15 is 0 Å². The minimum atomic E-state index is -0.590. The maximum absolute atomic E-state index is 13.2. The highest BCUT2D eigenvalue weighted by molar-refractivity contribution is 5.18. The monoisotopic (exact) mass is 245 g/mol. The van der Waals surface area contributed by atoms with Crippen LogP contribution in [0.15, 0.2) is 18.2 Å². The Bertz CT molecular complexity index is 347. The van der Waals surface area contributed by atoms with Crippen molar-refractivity contribution in [2.75, 3.05) is 19.8 Å². The standard InChI is InChI=1S/C12H17F2NO2/c13-10-2-1-9(12(14)7-10)3-5-15-11(8-17)4-6-16/h1-2,7,11,15-17H,3-6,8H2. The van der Waals surface area contributed by atoms with Crippen LogP contribution in [-0.4, -0.2) is 36.0 Å². The fraction of sp³-hybridized carbons (Fsp3) is 0.500. The summed E-state index contributed by atoms with van der Waals surface area (Å²) >= 11 is 0. The summed E-state index contributed by atoms with van der Waals surface area (Å²) in [6.07, 6.45) is 0.858. The number of halogens is 2. The van der Waals surface area contributed by atoms with Crippen LogP contribution >= 0.6 is 0 Å². The molecule has 0 amide bonds. The van der Waals surface area contributed by atoms with Crippen molar-refractivity contribution >= 4 is 0 Å². The number of hydrogen-bond acceptors (Lipinski definition) is 3. The molecule has 0 fully saturated rings. The SMILES string of the molecule is OCCC(CO)NCCc1ccc(F)cc1F. The van der Waals surface area contributed by atoms with Gasteiger partial charge in [0, 0.05) is 18.7 Å². The van der Waals surface area contributed by atoms with Crippen LogP contribution in [0.5, 0.6) is 0 Å². The van der Waals surface area contributed by atoms with Crippen LogP contribution in [-0.2, 0) is 6.42 Å². The maximum atomic E-state index is 13.2. The Kier molecular flexibility index (Phi) is 6.04. The van der Waals surface area contributed by atoms with Gasteiger partial charge in [-0.1, -0.05) is 6.07 Å². The number of nitrogens with one attached hydrogen (secondary N) is 1. The molecule has 1 aromatic carbocycles. The zero-order valence-electron chi connectivity index (χ0n) is 9.50. The third-order valence-electron chi connectivity index (χ3n) is 2.54. The molecule has 1 unspecified atom stereocenters. The molecule has 0 aliphatic heterocycles. The maximum Gasteiger partial charge on any atom is 0.129 e. The molecule has 0 saturated carbocycles. The van der Waals surface area contributed by atoms with Crippen molar-refractivity contribution < 1.29 is 19.0 Å². The predicted octanol–water partition coefficient (Wildman–Crippen LogP) is 0.840. The number of rotatable bonds is 7. The first kappa shape index (κ1) is 14.0. The summed E-state index contributed by atoms with van der Waals surface area (Å²) in [6.45, 7) is 0.378. The van der Waals surface area contributed by atoms with Gasteiger partial charge in [-0.3, -0.25) is 0 Å². The van der Waals surface area contributed by atoms with E-state index in [-0.39, 0.29) is 19.3 Å². The van der Waals surface area contributed by atoms with Crippen molar-refractivity contribution in [1.29, 1.82) is 0 Å². The van der Waals surface area contributed by atoms with E-state index < -0.39 is 11.6 Å². The molecule has 0 bridgehead atoms. The summed E-state index contributed by atoms with van der Waals surface area (Å²) in [4.78, 5) is 0. The van der Waals surface area contributed by atoms with Gasteiger partial charge in [0.25, 0.3) is 0 Å². The fourth-order valence-electron chi connectivity index (χ4n) is 1.55. The average Bonchev–Trinajstić information content (AvgIpc) is 2.30. The highest BCUT2D eigenvalue weighted by atomic mass is 19.1. The van der Waals surface area contributed by atoms with E-state index in [2.05, 4.69) is 5.32 Å². The minimum absolute atomic E-state index is 0.0108. The molecule has 0 radical (unpaired) electrons. The Hall–Kier alpha value is -1.04. The second-order valence-corrected chi connectivity index (χ2v) is 3.83. The molecule has 1 aromatic rings. The number of aliphatic hydroxyl groups excluding tert-OH is 2. The van der Waals surface area contributed by atoms with Crippen LogP contribution in [0.4, 0.5) is 8.78 Å². The Balaban J connectivity index is 2.39. The lowest BCUT2D eigenvalue weighted by Gasteiger charge is -2.14. The highest BCUT2D eigenvalue weighted by Gasteiger charge is 2.07. The third kappa shape index (κ3) is 4.77. The summed E-state index contributed by atoms with van der Waals surface area (Å²) in [5.41, 5.74) is 0.430. The molecular weight excluding hydrogens is 228 g/mol. The molecule has 17 heavy (non-hydrogen) atoms. The van der Waals surface area contributed by atoms with E-state index in [9.17, 15) is 8.78 Å². The van der Waals surface area contributed by atoms with E-state index in [1.165, 1.54) is 12.1 Å². The van der Waals surface area contributed by atoms with Crippen molar-refractivity contribution in [2.24, 2.45) is 0 Å². The lowest BCUT2D eigenvalue weighted by Crippen LogP contribution is -2.34. The molecule has 1 atom stereocenters. The lowest BCUT2D eigenvalue weighted by molar-refractivity contribution is 0.201. The van der Waals surface area contributed by atoms with Crippen LogP contribution in [0, 0.1) is 11.6 Å². The summed E-state index contributed by atoms with van der Waals surface area (Å²) in [7, 11) is 0. The Morgan fingerprint density at radius 1 is 1.24 bits per heavy atom.